The molecule has 2 N–H and O–H groups in total. The van der Waals surface area contributed by atoms with Gasteiger partial charge in [0.1, 0.15) is 11.6 Å². The van der Waals surface area contributed by atoms with Gasteiger partial charge in [0.2, 0.25) is 0 Å². The van der Waals surface area contributed by atoms with Crippen LogP contribution in [0.1, 0.15) is 10.6 Å². The van der Waals surface area contributed by atoms with Crippen molar-refractivity contribution in [3.63, 3.8) is 0 Å². The summed E-state index contributed by atoms with van der Waals surface area (Å²) >= 11 is 1.69. The Kier molecular flexibility index (Phi) is 3.05. The lowest BCUT2D eigenvalue weighted by Crippen LogP contribution is -1.92. The van der Waals surface area contributed by atoms with Crippen LogP contribution in [-0.4, -0.2) is 17.1 Å². The normalized spacial score (nSPS) is 10.8. The molecule has 0 fully saturated rings. The van der Waals surface area contributed by atoms with E-state index in [9.17, 15) is 0 Å². The van der Waals surface area contributed by atoms with E-state index in [1.165, 1.54) is 4.70 Å². The predicted molar refractivity (Wildman–Crippen MR) is 77.6 cm³/mol. The Morgan fingerprint density at radius 1 is 1.26 bits per heavy atom. The number of pyridine rings is 1. The fraction of sp³-hybridized carbons (Fsp3) is 0.143. The molecule has 0 unspecified atom stereocenters. The first-order valence-electron chi connectivity index (χ1n) is 5.88. The van der Waals surface area contributed by atoms with Gasteiger partial charge in [-0.1, -0.05) is 6.07 Å². The number of nitrogen functional groups attached to an aromatic ring is 1. The Morgan fingerprint density at radius 3 is 2.89 bits per heavy atom. The number of aromatic nitrogens is 2. The molecule has 5 heteroatoms. The number of fused-ring (bicyclic) bond motifs is 1. The maximum absolute atomic E-state index is 5.58. The minimum atomic E-state index is 0.540. The van der Waals surface area contributed by atoms with Crippen LogP contribution in [-0.2, 0) is 6.42 Å². The molecule has 0 spiro atoms. The molecule has 0 radical (unpaired) electrons. The highest BCUT2D eigenvalue weighted by Gasteiger charge is 2.06. The zero-order chi connectivity index (χ0) is 13.2. The van der Waals surface area contributed by atoms with Crippen molar-refractivity contribution in [3.8, 4) is 5.75 Å². The maximum atomic E-state index is 5.58. The number of methoxy groups -OCH3 is 1. The van der Waals surface area contributed by atoms with Crippen LogP contribution in [0.3, 0.4) is 0 Å². The van der Waals surface area contributed by atoms with Gasteiger partial charge in [0.25, 0.3) is 0 Å². The van der Waals surface area contributed by atoms with Crippen molar-refractivity contribution in [3.05, 3.63) is 47.1 Å². The largest absolute Gasteiger partial charge is 0.497 e. The molecule has 0 saturated heterocycles. The third-order valence-corrected chi connectivity index (χ3v) is 3.88. The molecule has 1 aromatic carbocycles. The predicted octanol–water partition coefficient (Wildman–Crippen LogP) is 2.87. The van der Waals surface area contributed by atoms with Gasteiger partial charge in [-0.15, -0.1) is 11.3 Å². The van der Waals surface area contributed by atoms with E-state index in [0.717, 1.165) is 28.3 Å². The van der Waals surface area contributed by atoms with E-state index in [-0.39, 0.29) is 0 Å². The summed E-state index contributed by atoms with van der Waals surface area (Å²) in [7, 11) is 1.66. The lowest BCUT2D eigenvalue weighted by atomic mass is 10.2. The van der Waals surface area contributed by atoms with Crippen molar-refractivity contribution >= 4 is 27.4 Å². The first kappa shape index (κ1) is 11.9. The summed E-state index contributed by atoms with van der Waals surface area (Å²) in [6, 6.07) is 9.74. The van der Waals surface area contributed by atoms with Gasteiger partial charge in [0, 0.05) is 18.7 Å². The van der Waals surface area contributed by atoms with Crippen LogP contribution in [0.2, 0.25) is 0 Å². The Labute approximate surface area is 114 Å². The Hall–Kier alpha value is -2.14. The number of nitrogens with zero attached hydrogens (tertiary/aromatic N) is 2. The number of ether oxygens (including phenoxy) is 1. The van der Waals surface area contributed by atoms with Crippen LogP contribution in [0, 0.1) is 0 Å². The minimum absolute atomic E-state index is 0.540. The quantitative estimate of drug-likeness (QED) is 0.795. The lowest BCUT2D eigenvalue weighted by molar-refractivity contribution is 0.415. The highest BCUT2D eigenvalue weighted by atomic mass is 32.1. The Morgan fingerprint density at radius 2 is 2.16 bits per heavy atom. The number of hydrogen-bond acceptors (Lipinski definition) is 5. The second-order valence-electron chi connectivity index (χ2n) is 4.21. The van der Waals surface area contributed by atoms with E-state index in [2.05, 4.69) is 9.97 Å². The van der Waals surface area contributed by atoms with E-state index in [0.29, 0.717) is 5.82 Å². The standard InChI is InChI=1S/C14H13N3OS/c1-18-10-3-4-12-11(7-10)17-14(19-12)6-9-2-5-13(15)16-8-9/h2-5,7-8H,6H2,1H3,(H2,15,16). The van der Waals surface area contributed by atoms with Crippen molar-refractivity contribution in [2.24, 2.45) is 0 Å². The summed E-state index contributed by atoms with van der Waals surface area (Å²) < 4.78 is 6.37. The summed E-state index contributed by atoms with van der Waals surface area (Å²) in [6.45, 7) is 0. The molecule has 0 aliphatic rings. The number of hydrogen-bond donors (Lipinski definition) is 1. The fourth-order valence-corrected chi connectivity index (χ4v) is 2.85. The van der Waals surface area contributed by atoms with E-state index < -0.39 is 0 Å². The van der Waals surface area contributed by atoms with Gasteiger partial charge in [-0.3, -0.25) is 0 Å². The molecule has 4 nitrogen and oxygen atoms in total. The average Bonchev–Trinajstić information content (AvgIpc) is 2.82. The van der Waals surface area contributed by atoms with Crippen molar-refractivity contribution in [2.45, 2.75) is 6.42 Å². The molecule has 0 amide bonds. The smallest absolute Gasteiger partial charge is 0.123 e. The van der Waals surface area contributed by atoms with Crippen LogP contribution in [0.4, 0.5) is 5.82 Å². The average molecular weight is 271 g/mol. The summed E-state index contributed by atoms with van der Waals surface area (Å²) in [5.74, 6) is 1.37. The maximum Gasteiger partial charge on any atom is 0.123 e. The van der Waals surface area contributed by atoms with Crippen LogP contribution in [0.5, 0.6) is 5.75 Å². The molecule has 0 saturated carbocycles. The second kappa shape index (κ2) is 4.85. The number of nitrogens with two attached hydrogens (primary N) is 1. The molecular formula is C14H13N3OS. The van der Waals surface area contributed by atoms with Gasteiger partial charge in [-0.25, -0.2) is 9.97 Å². The molecule has 0 atom stereocenters. The van der Waals surface area contributed by atoms with Gasteiger partial charge in [-0.05, 0) is 23.8 Å². The summed E-state index contributed by atoms with van der Waals surface area (Å²) in [4.78, 5) is 8.71. The SMILES string of the molecule is COc1ccc2sc(Cc3ccc(N)nc3)nc2c1. The zero-order valence-corrected chi connectivity index (χ0v) is 11.3. The topological polar surface area (TPSA) is 61.0 Å². The fourth-order valence-electron chi connectivity index (χ4n) is 1.87. The second-order valence-corrected chi connectivity index (χ2v) is 5.32. The van der Waals surface area contributed by atoms with Gasteiger partial charge >= 0.3 is 0 Å². The van der Waals surface area contributed by atoms with Gasteiger partial charge in [0.05, 0.1) is 22.3 Å². The van der Waals surface area contributed by atoms with E-state index in [1.54, 1.807) is 24.6 Å². The van der Waals surface area contributed by atoms with Gasteiger partial charge in [0.15, 0.2) is 0 Å². The monoisotopic (exact) mass is 271 g/mol. The van der Waals surface area contributed by atoms with Crippen LogP contribution in [0.15, 0.2) is 36.5 Å². The molecule has 96 valence electrons. The molecule has 19 heavy (non-hydrogen) atoms. The van der Waals surface area contributed by atoms with Crippen molar-refractivity contribution in [1.29, 1.82) is 0 Å². The molecule has 0 bridgehead atoms. The first-order valence-corrected chi connectivity index (χ1v) is 6.70. The first-order chi connectivity index (χ1) is 9.24. The highest BCUT2D eigenvalue weighted by Crippen LogP contribution is 2.27. The van der Waals surface area contributed by atoms with Crippen LogP contribution in [0.25, 0.3) is 10.2 Å². The van der Waals surface area contributed by atoms with E-state index in [4.69, 9.17) is 10.5 Å². The highest BCUT2D eigenvalue weighted by molar-refractivity contribution is 7.18. The number of benzene rings is 1. The summed E-state index contributed by atoms with van der Waals surface area (Å²) in [5.41, 5.74) is 7.66. The van der Waals surface area contributed by atoms with Crippen LogP contribution >= 0.6 is 11.3 Å². The summed E-state index contributed by atoms with van der Waals surface area (Å²) in [5, 5.41) is 1.06. The molecule has 2 heterocycles. The number of anilines is 1. The van der Waals surface area contributed by atoms with E-state index in [1.807, 2.05) is 30.3 Å². The van der Waals surface area contributed by atoms with Gasteiger partial charge < -0.3 is 10.5 Å². The van der Waals surface area contributed by atoms with Crippen LogP contribution < -0.4 is 10.5 Å². The third kappa shape index (κ3) is 2.51. The van der Waals surface area contributed by atoms with Gasteiger partial charge in [-0.2, -0.15) is 0 Å². The molecular weight excluding hydrogens is 258 g/mol. The third-order valence-electron chi connectivity index (χ3n) is 2.84. The van der Waals surface area contributed by atoms with Crippen molar-refractivity contribution < 1.29 is 4.74 Å². The number of rotatable bonds is 3. The molecule has 3 aromatic rings. The Bertz CT molecular complexity index is 706. The lowest BCUT2D eigenvalue weighted by Gasteiger charge is -1.97. The minimum Gasteiger partial charge on any atom is -0.497 e. The van der Waals surface area contributed by atoms with Crippen molar-refractivity contribution in [1.82, 2.24) is 9.97 Å². The summed E-state index contributed by atoms with van der Waals surface area (Å²) in [6.07, 6.45) is 2.57. The Balaban J connectivity index is 1.90. The molecule has 0 aliphatic heterocycles. The van der Waals surface area contributed by atoms with E-state index >= 15 is 0 Å². The molecule has 0 aliphatic carbocycles. The molecule has 2 aromatic heterocycles. The van der Waals surface area contributed by atoms with Crippen molar-refractivity contribution in [2.75, 3.05) is 12.8 Å². The number of thiazole rings is 1. The zero-order valence-electron chi connectivity index (χ0n) is 10.5. The molecule has 3 rings (SSSR count).